The van der Waals surface area contributed by atoms with Crippen LogP contribution in [0.25, 0.3) is 0 Å². The summed E-state index contributed by atoms with van der Waals surface area (Å²) in [6.45, 7) is 6.49. The fourth-order valence-electron chi connectivity index (χ4n) is 1.92. The number of halogens is 1. The van der Waals surface area contributed by atoms with E-state index in [9.17, 15) is 0 Å². The quantitative estimate of drug-likeness (QED) is 0.773. The number of aromatic nitrogens is 2. The average molecular weight is 299 g/mol. The van der Waals surface area contributed by atoms with Gasteiger partial charge in [-0.15, -0.1) is 0 Å². The Morgan fingerprint density at radius 1 is 1.35 bits per heavy atom. The smallest absolute Gasteiger partial charge is 0.217 e. The van der Waals surface area contributed by atoms with Crippen LogP contribution in [0.3, 0.4) is 0 Å². The van der Waals surface area contributed by atoms with Gasteiger partial charge in [-0.1, -0.05) is 13.8 Å². The van der Waals surface area contributed by atoms with E-state index in [4.69, 9.17) is 4.74 Å². The molecule has 1 aliphatic carbocycles. The summed E-state index contributed by atoms with van der Waals surface area (Å²) in [4.78, 5) is 8.87. The third-order valence-corrected chi connectivity index (χ3v) is 3.16. The molecular weight excluding hydrogens is 280 g/mol. The van der Waals surface area contributed by atoms with Crippen LogP contribution in [-0.2, 0) is 0 Å². The van der Waals surface area contributed by atoms with E-state index >= 15 is 0 Å². The highest BCUT2D eigenvalue weighted by molar-refractivity contribution is 9.10. The molecule has 2 rings (SSSR count). The Morgan fingerprint density at radius 2 is 2.06 bits per heavy atom. The molecule has 1 aromatic heterocycles. The summed E-state index contributed by atoms with van der Waals surface area (Å²) < 4.78 is 6.66. The Bertz CT molecular complexity index is 391. The van der Waals surface area contributed by atoms with Gasteiger partial charge < -0.3 is 4.74 Å². The summed E-state index contributed by atoms with van der Waals surface area (Å²) in [7, 11) is 0. The van der Waals surface area contributed by atoms with Crippen LogP contribution in [0.15, 0.2) is 10.7 Å². The van der Waals surface area contributed by atoms with Crippen molar-refractivity contribution in [1.29, 1.82) is 0 Å². The molecular formula is C13H19BrN2O. The van der Waals surface area contributed by atoms with Gasteiger partial charge in [0.25, 0.3) is 0 Å². The lowest BCUT2D eigenvalue weighted by Gasteiger charge is -2.16. The van der Waals surface area contributed by atoms with E-state index in [-0.39, 0.29) is 6.10 Å². The molecule has 1 aliphatic rings. The van der Waals surface area contributed by atoms with Crippen LogP contribution in [0.4, 0.5) is 0 Å². The molecule has 1 atom stereocenters. The Hall–Kier alpha value is -0.640. The van der Waals surface area contributed by atoms with Crippen molar-refractivity contribution in [3.63, 3.8) is 0 Å². The monoisotopic (exact) mass is 298 g/mol. The molecule has 3 nitrogen and oxygen atoms in total. The first-order chi connectivity index (χ1) is 8.04. The second-order valence-corrected chi connectivity index (χ2v) is 6.03. The summed E-state index contributed by atoms with van der Waals surface area (Å²) in [5.74, 6) is 2.81. The van der Waals surface area contributed by atoms with Crippen molar-refractivity contribution in [3.8, 4) is 5.88 Å². The Morgan fingerprint density at radius 3 is 2.65 bits per heavy atom. The van der Waals surface area contributed by atoms with Gasteiger partial charge in [-0.25, -0.2) is 4.98 Å². The first kappa shape index (κ1) is 12.8. The van der Waals surface area contributed by atoms with Crippen LogP contribution < -0.4 is 4.74 Å². The Kier molecular flexibility index (Phi) is 4.02. The molecule has 1 heterocycles. The fraction of sp³-hybridized carbons (Fsp3) is 0.692. The molecule has 1 fully saturated rings. The van der Waals surface area contributed by atoms with Gasteiger partial charge >= 0.3 is 0 Å². The fourth-order valence-corrected chi connectivity index (χ4v) is 2.29. The van der Waals surface area contributed by atoms with Crippen LogP contribution in [0.5, 0.6) is 5.88 Å². The number of hydrogen-bond donors (Lipinski definition) is 0. The summed E-state index contributed by atoms with van der Waals surface area (Å²) in [6, 6.07) is 1.85. The predicted octanol–water partition coefficient (Wildman–Crippen LogP) is 3.93. The molecule has 1 aromatic rings. The summed E-state index contributed by atoms with van der Waals surface area (Å²) in [6.07, 6.45) is 3.65. The minimum absolute atomic E-state index is 0.198. The van der Waals surface area contributed by atoms with E-state index in [1.54, 1.807) is 0 Å². The van der Waals surface area contributed by atoms with Crippen LogP contribution in [0.1, 0.15) is 51.8 Å². The van der Waals surface area contributed by atoms with Gasteiger partial charge in [-0.3, -0.25) is 0 Å². The molecule has 0 radical (unpaired) electrons. The van der Waals surface area contributed by atoms with Gasteiger partial charge in [0, 0.05) is 12.0 Å². The molecule has 0 N–H and O–H groups in total. The number of ether oxygens (including phenoxy) is 1. The van der Waals surface area contributed by atoms with Crippen LogP contribution in [-0.4, -0.2) is 16.1 Å². The topological polar surface area (TPSA) is 35.0 Å². The summed E-state index contributed by atoms with van der Waals surface area (Å²) in [5.41, 5.74) is 0. The van der Waals surface area contributed by atoms with Gasteiger partial charge in [-0.2, -0.15) is 4.98 Å². The molecule has 1 unspecified atom stereocenters. The first-order valence-corrected chi connectivity index (χ1v) is 7.05. The van der Waals surface area contributed by atoms with Gasteiger partial charge in [0.2, 0.25) is 5.88 Å². The van der Waals surface area contributed by atoms with Crippen LogP contribution in [0.2, 0.25) is 0 Å². The van der Waals surface area contributed by atoms with E-state index in [1.807, 2.05) is 6.07 Å². The molecule has 1 saturated carbocycles. The standard InChI is InChI=1S/C13H19BrN2O/c1-8(2)6-9(3)17-12-7-11(14)15-13(16-12)10-4-5-10/h7-10H,4-6H2,1-3H3. The van der Waals surface area contributed by atoms with Crippen molar-refractivity contribution < 1.29 is 4.74 Å². The maximum atomic E-state index is 5.84. The van der Waals surface area contributed by atoms with E-state index in [2.05, 4.69) is 46.7 Å². The minimum atomic E-state index is 0.198. The third kappa shape index (κ3) is 3.95. The van der Waals surface area contributed by atoms with E-state index in [1.165, 1.54) is 12.8 Å². The van der Waals surface area contributed by atoms with Crippen molar-refractivity contribution in [2.24, 2.45) is 5.92 Å². The number of hydrogen-bond acceptors (Lipinski definition) is 3. The molecule has 94 valence electrons. The van der Waals surface area contributed by atoms with Crippen molar-refractivity contribution in [2.45, 2.75) is 52.1 Å². The molecule has 0 bridgehead atoms. The lowest BCUT2D eigenvalue weighted by Crippen LogP contribution is -2.15. The Balaban J connectivity index is 2.04. The SMILES string of the molecule is CC(C)CC(C)Oc1cc(Br)nc(C2CC2)n1. The minimum Gasteiger partial charge on any atom is -0.475 e. The lowest BCUT2D eigenvalue weighted by atomic mass is 10.1. The largest absolute Gasteiger partial charge is 0.475 e. The highest BCUT2D eigenvalue weighted by Gasteiger charge is 2.27. The average Bonchev–Trinajstić information content (AvgIpc) is 2.97. The molecule has 4 heteroatoms. The zero-order valence-corrected chi connectivity index (χ0v) is 12.2. The predicted molar refractivity (Wildman–Crippen MR) is 71.3 cm³/mol. The highest BCUT2D eigenvalue weighted by atomic mass is 79.9. The normalized spacial score (nSPS) is 17.2. The molecule has 0 amide bonds. The van der Waals surface area contributed by atoms with Gasteiger partial charge in [-0.05, 0) is 48.0 Å². The molecule has 17 heavy (non-hydrogen) atoms. The highest BCUT2D eigenvalue weighted by Crippen LogP contribution is 2.39. The zero-order chi connectivity index (χ0) is 12.4. The summed E-state index contributed by atoms with van der Waals surface area (Å²) in [5, 5.41) is 0. The molecule has 0 aliphatic heterocycles. The molecule has 0 aromatic carbocycles. The van der Waals surface area contributed by atoms with Gasteiger partial charge in [0.15, 0.2) is 0 Å². The molecule has 0 saturated heterocycles. The maximum Gasteiger partial charge on any atom is 0.217 e. The number of nitrogens with zero attached hydrogens (tertiary/aromatic N) is 2. The van der Waals surface area contributed by atoms with Crippen molar-refractivity contribution in [1.82, 2.24) is 9.97 Å². The van der Waals surface area contributed by atoms with Crippen LogP contribution in [0, 0.1) is 5.92 Å². The second kappa shape index (κ2) is 5.34. The van der Waals surface area contributed by atoms with E-state index in [0.29, 0.717) is 17.7 Å². The maximum absolute atomic E-state index is 5.84. The Labute approximate surface area is 111 Å². The zero-order valence-electron chi connectivity index (χ0n) is 10.6. The van der Waals surface area contributed by atoms with E-state index in [0.717, 1.165) is 16.8 Å². The van der Waals surface area contributed by atoms with Crippen molar-refractivity contribution in [3.05, 3.63) is 16.5 Å². The van der Waals surface area contributed by atoms with Crippen LogP contribution >= 0.6 is 15.9 Å². The van der Waals surface area contributed by atoms with Crippen molar-refractivity contribution in [2.75, 3.05) is 0 Å². The van der Waals surface area contributed by atoms with E-state index < -0.39 is 0 Å². The second-order valence-electron chi connectivity index (χ2n) is 5.22. The molecule has 0 spiro atoms. The number of rotatable bonds is 5. The van der Waals surface area contributed by atoms with Crippen molar-refractivity contribution >= 4 is 15.9 Å². The summed E-state index contributed by atoms with van der Waals surface area (Å²) >= 11 is 3.42. The first-order valence-electron chi connectivity index (χ1n) is 6.25. The lowest BCUT2D eigenvalue weighted by molar-refractivity contribution is 0.184. The van der Waals surface area contributed by atoms with Gasteiger partial charge in [0.05, 0.1) is 6.10 Å². The van der Waals surface area contributed by atoms with Gasteiger partial charge in [0.1, 0.15) is 10.4 Å². The third-order valence-electron chi connectivity index (χ3n) is 2.76.